The average Bonchev–Trinajstić information content (AvgIpc) is 3.23. The van der Waals surface area contributed by atoms with Crippen LogP contribution in [0.5, 0.6) is 5.75 Å². The van der Waals surface area contributed by atoms with E-state index < -0.39 is 0 Å². The van der Waals surface area contributed by atoms with Crippen molar-refractivity contribution < 1.29 is 9.53 Å². The van der Waals surface area contributed by atoms with Crippen LogP contribution in [0.15, 0.2) is 18.2 Å². The molecule has 4 heteroatoms. The largest absolute Gasteiger partial charge is 0.496 e. The minimum absolute atomic E-state index is 0.0294. The van der Waals surface area contributed by atoms with Crippen LogP contribution in [0.1, 0.15) is 35.2 Å². The van der Waals surface area contributed by atoms with Crippen molar-refractivity contribution in [3.8, 4) is 11.8 Å². The highest BCUT2D eigenvalue weighted by Gasteiger charge is 2.33. The van der Waals surface area contributed by atoms with Crippen molar-refractivity contribution in [2.45, 2.75) is 32.2 Å². The lowest BCUT2D eigenvalue weighted by molar-refractivity contribution is 0.0743. The third-order valence-corrected chi connectivity index (χ3v) is 3.30. The van der Waals surface area contributed by atoms with Crippen LogP contribution in [0.25, 0.3) is 0 Å². The van der Waals surface area contributed by atoms with Crippen LogP contribution in [0, 0.1) is 18.3 Å². The van der Waals surface area contributed by atoms with Crippen LogP contribution in [0.2, 0.25) is 0 Å². The number of methoxy groups -OCH3 is 1. The average molecular weight is 258 g/mol. The molecule has 1 fully saturated rings. The van der Waals surface area contributed by atoms with Crippen molar-refractivity contribution in [1.82, 2.24) is 4.90 Å². The fourth-order valence-corrected chi connectivity index (χ4v) is 2.15. The molecule has 0 aliphatic heterocycles. The zero-order valence-corrected chi connectivity index (χ0v) is 11.3. The molecule has 0 N–H and O–H groups in total. The molecular formula is C15H18N2O2. The van der Waals surface area contributed by atoms with Gasteiger partial charge >= 0.3 is 0 Å². The fraction of sp³-hybridized carbons (Fsp3) is 0.467. The third kappa shape index (κ3) is 3.05. The quantitative estimate of drug-likeness (QED) is 0.815. The van der Waals surface area contributed by atoms with Crippen molar-refractivity contribution >= 4 is 5.91 Å². The lowest BCUT2D eigenvalue weighted by Gasteiger charge is -2.22. The summed E-state index contributed by atoms with van der Waals surface area (Å²) in [6, 6.07) is 7.99. The molecule has 0 aromatic heterocycles. The van der Waals surface area contributed by atoms with E-state index in [0.29, 0.717) is 30.3 Å². The summed E-state index contributed by atoms with van der Waals surface area (Å²) in [7, 11) is 1.57. The fourth-order valence-electron chi connectivity index (χ4n) is 2.15. The minimum Gasteiger partial charge on any atom is -0.496 e. The van der Waals surface area contributed by atoms with E-state index in [1.54, 1.807) is 12.0 Å². The number of carbonyl (C=O) groups excluding carboxylic acids is 1. The Morgan fingerprint density at radius 3 is 2.84 bits per heavy atom. The van der Waals surface area contributed by atoms with Gasteiger partial charge in [-0.2, -0.15) is 5.26 Å². The van der Waals surface area contributed by atoms with Gasteiger partial charge in [-0.25, -0.2) is 0 Å². The van der Waals surface area contributed by atoms with Crippen molar-refractivity contribution in [2.75, 3.05) is 13.7 Å². The van der Waals surface area contributed by atoms with Crippen molar-refractivity contribution in [1.29, 1.82) is 5.26 Å². The van der Waals surface area contributed by atoms with Gasteiger partial charge in [0.2, 0.25) is 0 Å². The predicted octanol–water partition coefficient (Wildman–Crippen LogP) is 2.52. The Balaban J connectivity index is 2.25. The number of hydrogen-bond donors (Lipinski definition) is 0. The molecule has 1 aliphatic carbocycles. The first-order valence-electron chi connectivity index (χ1n) is 6.50. The predicted molar refractivity (Wildman–Crippen MR) is 72.0 cm³/mol. The number of carbonyl (C=O) groups is 1. The highest BCUT2D eigenvalue weighted by atomic mass is 16.5. The summed E-state index contributed by atoms with van der Waals surface area (Å²) in [6.45, 7) is 2.45. The van der Waals surface area contributed by atoms with Gasteiger partial charge in [-0.3, -0.25) is 4.79 Å². The minimum atomic E-state index is -0.0294. The molecule has 0 atom stereocenters. The summed E-state index contributed by atoms with van der Waals surface area (Å²) >= 11 is 0. The molecule has 0 heterocycles. The monoisotopic (exact) mass is 258 g/mol. The zero-order valence-electron chi connectivity index (χ0n) is 11.3. The number of rotatable bonds is 5. The Morgan fingerprint density at radius 1 is 1.53 bits per heavy atom. The van der Waals surface area contributed by atoms with Crippen LogP contribution in [0.4, 0.5) is 0 Å². The second-order valence-corrected chi connectivity index (χ2v) is 4.84. The highest BCUT2D eigenvalue weighted by Crippen LogP contribution is 2.30. The molecule has 1 aliphatic rings. The molecule has 0 saturated heterocycles. The van der Waals surface area contributed by atoms with Crippen LogP contribution in [-0.2, 0) is 0 Å². The maximum absolute atomic E-state index is 12.6. The second-order valence-electron chi connectivity index (χ2n) is 4.84. The lowest BCUT2D eigenvalue weighted by Crippen LogP contribution is -2.34. The van der Waals surface area contributed by atoms with Gasteiger partial charge in [-0.15, -0.1) is 0 Å². The van der Waals surface area contributed by atoms with E-state index in [0.717, 1.165) is 18.4 Å². The summed E-state index contributed by atoms with van der Waals surface area (Å²) in [5, 5.41) is 8.70. The SMILES string of the molecule is COc1ccc(C)cc1C(=O)N(CCC#N)C1CC1. The standard InChI is InChI=1S/C15H18N2O2/c1-11-4-7-14(19-2)13(10-11)15(18)17(9-3-8-16)12-5-6-12/h4,7,10,12H,3,5-6,9H2,1-2H3. The van der Waals surface area contributed by atoms with E-state index >= 15 is 0 Å². The van der Waals surface area contributed by atoms with Gasteiger partial charge in [0.1, 0.15) is 5.75 Å². The van der Waals surface area contributed by atoms with Gasteiger partial charge in [0.15, 0.2) is 0 Å². The van der Waals surface area contributed by atoms with Crippen molar-refractivity contribution in [3.63, 3.8) is 0 Å². The molecule has 0 unspecified atom stereocenters. The van der Waals surface area contributed by atoms with E-state index in [4.69, 9.17) is 10.00 Å². The molecular weight excluding hydrogens is 240 g/mol. The summed E-state index contributed by atoms with van der Waals surface area (Å²) in [5.41, 5.74) is 1.62. The zero-order chi connectivity index (χ0) is 13.8. The van der Waals surface area contributed by atoms with Crippen LogP contribution < -0.4 is 4.74 Å². The number of nitrogens with zero attached hydrogens (tertiary/aromatic N) is 2. The Bertz CT molecular complexity index is 515. The van der Waals surface area contributed by atoms with E-state index in [2.05, 4.69) is 6.07 Å². The number of ether oxygens (including phenoxy) is 1. The first-order valence-corrected chi connectivity index (χ1v) is 6.50. The van der Waals surface area contributed by atoms with Gasteiger partial charge in [0.25, 0.3) is 5.91 Å². The molecule has 0 bridgehead atoms. The van der Waals surface area contributed by atoms with Gasteiger partial charge < -0.3 is 9.64 Å². The lowest BCUT2D eigenvalue weighted by atomic mass is 10.1. The molecule has 1 aromatic carbocycles. The van der Waals surface area contributed by atoms with Gasteiger partial charge in [0.05, 0.1) is 25.2 Å². The third-order valence-electron chi connectivity index (χ3n) is 3.30. The Morgan fingerprint density at radius 2 is 2.26 bits per heavy atom. The number of amides is 1. The van der Waals surface area contributed by atoms with E-state index in [1.807, 2.05) is 25.1 Å². The smallest absolute Gasteiger partial charge is 0.257 e. The summed E-state index contributed by atoms with van der Waals surface area (Å²) < 4.78 is 5.26. The normalized spacial score (nSPS) is 13.7. The molecule has 4 nitrogen and oxygen atoms in total. The van der Waals surface area contributed by atoms with Gasteiger partial charge in [-0.05, 0) is 31.9 Å². The summed E-state index contributed by atoms with van der Waals surface area (Å²) in [6.07, 6.45) is 2.44. The van der Waals surface area contributed by atoms with Crippen molar-refractivity contribution in [2.24, 2.45) is 0 Å². The molecule has 0 spiro atoms. The Kier molecular flexibility index (Phi) is 4.06. The Hall–Kier alpha value is -2.02. The molecule has 1 aromatic rings. The number of nitriles is 1. The van der Waals surface area contributed by atoms with Gasteiger partial charge in [0, 0.05) is 12.6 Å². The van der Waals surface area contributed by atoms with Crippen molar-refractivity contribution in [3.05, 3.63) is 29.3 Å². The van der Waals surface area contributed by atoms with E-state index in [-0.39, 0.29) is 5.91 Å². The number of hydrogen-bond acceptors (Lipinski definition) is 3. The Labute approximate surface area is 113 Å². The first kappa shape index (κ1) is 13.4. The highest BCUT2D eigenvalue weighted by molar-refractivity contribution is 5.97. The maximum Gasteiger partial charge on any atom is 0.257 e. The molecule has 100 valence electrons. The van der Waals surface area contributed by atoms with Gasteiger partial charge in [-0.1, -0.05) is 11.6 Å². The molecule has 1 amide bonds. The van der Waals surface area contributed by atoms with Crippen LogP contribution >= 0.6 is 0 Å². The summed E-state index contributed by atoms with van der Waals surface area (Å²) in [4.78, 5) is 14.4. The van der Waals surface area contributed by atoms with Crippen LogP contribution in [0.3, 0.4) is 0 Å². The maximum atomic E-state index is 12.6. The van der Waals surface area contributed by atoms with E-state index in [9.17, 15) is 4.79 Å². The molecule has 1 saturated carbocycles. The second kappa shape index (κ2) is 5.75. The van der Waals surface area contributed by atoms with Crippen LogP contribution in [-0.4, -0.2) is 30.5 Å². The molecule has 19 heavy (non-hydrogen) atoms. The topological polar surface area (TPSA) is 53.3 Å². The molecule has 2 rings (SSSR count). The number of aryl methyl sites for hydroxylation is 1. The molecule has 0 radical (unpaired) electrons. The van der Waals surface area contributed by atoms with E-state index in [1.165, 1.54) is 0 Å². The number of benzene rings is 1. The summed E-state index contributed by atoms with van der Waals surface area (Å²) in [5.74, 6) is 0.566. The first-order chi connectivity index (χ1) is 9.17.